The minimum absolute atomic E-state index is 0.209. The third kappa shape index (κ3) is 4.56. The van der Waals surface area contributed by atoms with E-state index in [1.165, 1.54) is 10.9 Å². The zero-order chi connectivity index (χ0) is 20.9. The quantitative estimate of drug-likeness (QED) is 0.370. The molecule has 0 saturated heterocycles. The summed E-state index contributed by atoms with van der Waals surface area (Å²) in [5.74, 6) is 1.61. The Hall–Kier alpha value is -3.09. The fourth-order valence-corrected chi connectivity index (χ4v) is 3.54. The molecule has 6 nitrogen and oxygen atoms in total. The summed E-state index contributed by atoms with van der Waals surface area (Å²) in [6.07, 6.45) is -0.618. The van der Waals surface area contributed by atoms with Crippen molar-refractivity contribution in [2.45, 2.75) is 20.0 Å². The SMILES string of the molecule is Cc1ccc2cccc(OCCNC[C@H](O)COc3cccc4n[nH]c(C)c34)c2c1. The maximum atomic E-state index is 10.2. The molecule has 1 heterocycles. The van der Waals surface area contributed by atoms with Crippen LogP contribution in [0.3, 0.4) is 0 Å². The van der Waals surface area contributed by atoms with Gasteiger partial charge in [0.05, 0.1) is 10.9 Å². The van der Waals surface area contributed by atoms with E-state index in [9.17, 15) is 5.11 Å². The molecule has 0 aliphatic heterocycles. The van der Waals surface area contributed by atoms with Crippen LogP contribution in [0.4, 0.5) is 0 Å². The molecule has 3 aromatic carbocycles. The summed E-state index contributed by atoms with van der Waals surface area (Å²) in [5.41, 5.74) is 3.02. The van der Waals surface area contributed by atoms with Gasteiger partial charge >= 0.3 is 0 Å². The predicted molar refractivity (Wildman–Crippen MR) is 119 cm³/mol. The van der Waals surface area contributed by atoms with Crippen molar-refractivity contribution in [3.8, 4) is 11.5 Å². The molecule has 0 amide bonds. The third-order valence-corrected chi connectivity index (χ3v) is 5.07. The number of aromatic nitrogens is 2. The van der Waals surface area contributed by atoms with E-state index < -0.39 is 6.10 Å². The van der Waals surface area contributed by atoms with Crippen LogP contribution in [0, 0.1) is 13.8 Å². The lowest BCUT2D eigenvalue weighted by atomic mass is 10.1. The normalized spacial score (nSPS) is 12.4. The lowest BCUT2D eigenvalue weighted by Gasteiger charge is -2.15. The van der Waals surface area contributed by atoms with Crippen LogP contribution in [-0.2, 0) is 0 Å². The van der Waals surface area contributed by atoms with Crippen LogP contribution >= 0.6 is 0 Å². The highest BCUT2D eigenvalue weighted by Crippen LogP contribution is 2.27. The standard InChI is InChI=1S/C24H27N3O3/c1-16-9-10-18-5-3-7-22(20(18)13-16)29-12-11-25-14-19(28)15-30-23-8-4-6-21-24(23)17(2)26-27-21/h3-10,13,19,25,28H,11-12,14-15H2,1-2H3,(H,26,27)/t19-/m0/s1. The highest BCUT2D eigenvalue weighted by Gasteiger charge is 2.10. The Morgan fingerprint density at radius 2 is 1.87 bits per heavy atom. The number of benzene rings is 3. The Morgan fingerprint density at radius 1 is 1.03 bits per heavy atom. The van der Waals surface area contributed by atoms with Gasteiger partial charge < -0.3 is 19.9 Å². The average Bonchev–Trinajstić information content (AvgIpc) is 3.14. The first kappa shape index (κ1) is 20.2. The molecule has 0 aliphatic rings. The highest BCUT2D eigenvalue weighted by molar-refractivity contribution is 5.89. The topological polar surface area (TPSA) is 79.4 Å². The molecule has 156 valence electrons. The van der Waals surface area contributed by atoms with Crippen LogP contribution in [0.25, 0.3) is 21.7 Å². The number of aliphatic hydroxyl groups excluding tert-OH is 1. The Balaban J connectivity index is 1.22. The van der Waals surface area contributed by atoms with E-state index in [2.05, 4.69) is 46.7 Å². The fraction of sp³-hybridized carbons (Fsp3) is 0.292. The number of aliphatic hydroxyl groups is 1. The van der Waals surface area contributed by atoms with Crippen LogP contribution in [-0.4, -0.2) is 47.7 Å². The van der Waals surface area contributed by atoms with Crippen molar-refractivity contribution in [2.75, 3.05) is 26.3 Å². The van der Waals surface area contributed by atoms with E-state index in [0.29, 0.717) is 19.7 Å². The minimum atomic E-state index is -0.618. The van der Waals surface area contributed by atoms with Crippen molar-refractivity contribution in [3.05, 3.63) is 65.9 Å². The van der Waals surface area contributed by atoms with Crippen molar-refractivity contribution in [3.63, 3.8) is 0 Å². The number of rotatable bonds is 9. The molecule has 1 aromatic heterocycles. The molecular weight excluding hydrogens is 378 g/mol. The molecule has 0 bridgehead atoms. The van der Waals surface area contributed by atoms with Crippen molar-refractivity contribution in [1.82, 2.24) is 15.5 Å². The zero-order valence-electron chi connectivity index (χ0n) is 17.3. The lowest BCUT2D eigenvalue weighted by molar-refractivity contribution is 0.106. The number of aryl methyl sites for hydroxylation is 2. The van der Waals surface area contributed by atoms with Crippen LogP contribution in [0.15, 0.2) is 54.6 Å². The number of nitrogens with zero attached hydrogens (tertiary/aromatic N) is 1. The van der Waals surface area contributed by atoms with Crippen molar-refractivity contribution in [1.29, 1.82) is 0 Å². The van der Waals surface area contributed by atoms with E-state index in [4.69, 9.17) is 9.47 Å². The van der Waals surface area contributed by atoms with Gasteiger partial charge in [0.1, 0.15) is 30.8 Å². The van der Waals surface area contributed by atoms with Gasteiger partial charge in [-0.2, -0.15) is 5.10 Å². The molecule has 3 N–H and O–H groups in total. The van der Waals surface area contributed by atoms with Gasteiger partial charge in [-0.25, -0.2) is 0 Å². The summed E-state index contributed by atoms with van der Waals surface area (Å²) in [4.78, 5) is 0. The molecule has 6 heteroatoms. The Labute approximate surface area is 175 Å². The van der Waals surface area contributed by atoms with Crippen molar-refractivity contribution >= 4 is 21.7 Å². The average molecular weight is 405 g/mol. The fourth-order valence-electron chi connectivity index (χ4n) is 3.54. The molecule has 0 radical (unpaired) electrons. The number of hydrogen-bond donors (Lipinski definition) is 3. The summed E-state index contributed by atoms with van der Waals surface area (Å²) in [5, 5.41) is 23.9. The van der Waals surface area contributed by atoms with Gasteiger partial charge in [0.2, 0.25) is 0 Å². The molecular formula is C24H27N3O3. The smallest absolute Gasteiger partial charge is 0.130 e. The van der Waals surface area contributed by atoms with E-state index in [0.717, 1.165) is 33.5 Å². The molecule has 30 heavy (non-hydrogen) atoms. The second kappa shape index (κ2) is 9.15. The van der Waals surface area contributed by atoms with Crippen LogP contribution in [0.1, 0.15) is 11.3 Å². The van der Waals surface area contributed by atoms with Gasteiger partial charge in [0.15, 0.2) is 0 Å². The molecule has 4 aromatic rings. The number of nitrogens with one attached hydrogen (secondary N) is 2. The summed E-state index contributed by atoms with van der Waals surface area (Å²) in [6, 6.07) is 18.2. The molecule has 0 unspecified atom stereocenters. The van der Waals surface area contributed by atoms with Gasteiger partial charge in [0.25, 0.3) is 0 Å². The number of ether oxygens (including phenoxy) is 2. The summed E-state index contributed by atoms with van der Waals surface area (Å²) < 4.78 is 11.8. The minimum Gasteiger partial charge on any atom is -0.492 e. The molecule has 0 saturated carbocycles. The monoisotopic (exact) mass is 405 g/mol. The van der Waals surface area contributed by atoms with Crippen LogP contribution < -0.4 is 14.8 Å². The first-order valence-corrected chi connectivity index (χ1v) is 10.2. The van der Waals surface area contributed by atoms with E-state index in [1.807, 2.05) is 37.3 Å². The number of fused-ring (bicyclic) bond motifs is 2. The van der Waals surface area contributed by atoms with Crippen LogP contribution in [0.2, 0.25) is 0 Å². The third-order valence-electron chi connectivity index (χ3n) is 5.07. The molecule has 4 rings (SSSR count). The van der Waals surface area contributed by atoms with Gasteiger partial charge in [-0.15, -0.1) is 0 Å². The second-order valence-electron chi connectivity index (χ2n) is 7.50. The van der Waals surface area contributed by atoms with Crippen molar-refractivity contribution < 1.29 is 14.6 Å². The van der Waals surface area contributed by atoms with Crippen molar-refractivity contribution in [2.24, 2.45) is 0 Å². The Morgan fingerprint density at radius 3 is 2.77 bits per heavy atom. The zero-order valence-corrected chi connectivity index (χ0v) is 17.3. The van der Waals surface area contributed by atoms with Gasteiger partial charge in [0, 0.05) is 24.2 Å². The summed E-state index contributed by atoms with van der Waals surface area (Å²) >= 11 is 0. The van der Waals surface area contributed by atoms with Crippen LogP contribution in [0.5, 0.6) is 11.5 Å². The largest absolute Gasteiger partial charge is 0.492 e. The van der Waals surface area contributed by atoms with E-state index in [1.54, 1.807) is 0 Å². The lowest BCUT2D eigenvalue weighted by Crippen LogP contribution is -2.33. The maximum absolute atomic E-state index is 10.2. The van der Waals surface area contributed by atoms with E-state index >= 15 is 0 Å². The predicted octanol–water partition coefficient (Wildman–Crippen LogP) is 3.74. The molecule has 0 fully saturated rings. The second-order valence-corrected chi connectivity index (χ2v) is 7.50. The van der Waals surface area contributed by atoms with E-state index in [-0.39, 0.29) is 6.61 Å². The summed E-state index contributed by atoms with van der Waals surface area (Å²) in [6.45, 7) is 5.83. The number of hydrogen-bond acceptors (Lipinski definition) is 5. The Bertz CT molecular complexity index is 1140. The first-order valence-electron chi connectivity index (χ1n) is 10.2. The first-order chi connectivity index (χ1) is 14.6. The number of aromatic amines is 1. The molecule has 0 aliphatic carbocycles. The maximum Gasteiger partial charge on any atom is 0.130 e. The molecule has 1 atom stereocenters. The number of H-pyrrole nitrogens is 1. The van der Waals surface area contributed by atoms with Gasteiger partial charge in [-0.1, -0.05) is 35.9 Å². The van der Waals surface area contributed by atoms with Gasteiger partial charge in [-0.3, -0.25) is 5.10 Å². The summed E-state index contributed by atoms with van der Waals surface area (Å²) in [7, 11) is 0. The highest BCUT2D eigenvalue weighted by atomic mass is 16.5. The molecule has 0 spiro atoms. The Kier molecular flexibility index (Phi) is 6.16. The van der Waals surface area contributed by atoms with Gasteiger partial charge in [-0.05, 0) is 43.5 Å².